The van der Waals surface area contributed by atoms with Gasteiger partial charge in [-0.3, -0.25) is 9.59 Å². The molecular formula is C25H27N5O3. The minimum Gasteiger partial charge on any atom is -0.490 e. The van der Waals surface area contributed by atoms with Gasteiger partial charge in [-0.2, -0.15) is 0 Å². The van der Waals surface area contributed by atoms with Gasteiger partial charge in [-0.1, -0.05) is 30.7 Å². The van der Waals surface area contributed by atoms with Crippen molar-refractivity contribution in [1.29, 1.82) is 0 Å². The molecule has 170 valence electrons. The summed E-state index contributed by atoms with van der Waals surface area (Å²) in [5, 5.41) is 11.7. The minimum absolute atomic E-state index is 0.0826. The molecule has 33 heavy (non-hydrogen) atoms. The number of ether oxygens (including phenoxy) is 1. The number of aromatic nitrogens is 3. The highest BCUT2D eigenvalue weighted by Gasteiger charge is 2.23. The van der Waals surface area contributed by atoms with E-state index in [0.717, 1.165) is 48.7 Å². The second kappa shape index (κ2) is 9.44. The van der Waals surface area contributed by atoms with E-state index in [2.05, 4.69) is 20.1 Å². The molecule has 0 spiro atoms. The molecule has 0 atom stereocenters. The van der Waals surface area contributed by atoms with Gasteiger partial charge < -0.3 is 19.5 Å². The molecule has 8 heteroatoms. The Bertz CT molecular complexity index is 1170. The van der Waals surface area contributed by atoms with Gasteiger partial charge in [0.05, 0.1) is 12.2 Å². The standard InChI is InChI=1S/C25H27N5O3/c31-23(12-13-24(32)29-15-16-33-21-10-4-3-9-20(21)29)26-19-8-6-7-18(17-19)25-28-27-22-11-2-1-5-14-30(22)25/h3-4,6-10,17H,1-2,5,11-16H2,(H,26,31). The van der Waals surface area contributed by atoms with Crippen molar-refractivity contribution in [3.05, 3.63) is 54.4 Å². The van der Waals surface area contributed by atoms with Crippen LogP contribution in [0.25, 0.3) is 11.4 Å². The van der Waals surface area contributed by atoms with Crippen molar-refractivity contribution in [1.82, 2.24) is 14.8 Å². The number of amides is 2. The van der Waals surface area contributed by atoms with E-state index in [1.165, 1.54) is 6.42 Å². The Hall–Kier alpha value is -3.68. The molecule has 2 amide bonds. The number of aryl methyl sites for hydroxylation is 1. The van der Waals surface area contributed by atoms with E-state index >= 15 is 0 Å². The van der Waals surface area contributed by atoms with Gasteiger partial charge in [-0.15, -0.1) is 10.2 Å². The molecule has 0 saturated heterocycles. The SMILES string of the molecule is O=C(CCC(=O)N1CCOc2ccccc21)Nc1cccc(-c2nnc3n2CCCCC3)c1. The van der Waals surface area contributed by atoms with E-state index in [-0.39, 0.29) is 24.7 Å². The fraction of sp³-hybridized carbons (Fsp3) is 0.360. The van der Waals surface area contributed by atoms with Crippen LogP contribution >= 0.6 is 0 Å². The summed E-state index contributed by atoms with van der Waals surface area (Å²) in [6, 6.07) is 15.1. The number of nitrogens with zero attached hydrogens (tertiary/aromatic N) is 4. The van der Waals surface area contributed by atoms with Crippen molar-refractivity contribution < 1.29 is 14.3 Å². The quantitative estimate of drug-likeness (QED) is 0.645. The van der Waals surface area contributed by atoms with Crippen LogP contribution in [-0.4, -0.2) is 39.7 Å². The molecule has 0 radical (unpaired) electrons. The Balaban J connectivity index is 1.22. The summed E-state index contributed by atoms with van der Waals surface area (Å²) in [6.07, 6.45) is 4.66. The number of hydrogen-bond donors (Lipinski definition) is 1. The molecule has 2 aliphatic rings. The summed E-state index contributed by atoms with van der Waals surface area (Å²) in [5.74, 6) is 2.29. The highest BCUT2D eigenvalue weighted by Crippen LogP contribution is 2.31. The van der Waals surface area contributed by atoms with E-state index in [0.29, 0.717) is 24.6 Å². The third kappa shape index (κ3) is 4.60. The van der Waals surface area contributed by atoms with Gasteiger partial charge in [-0.25, -0.2) is 0 Å². The molecule has 3 aromatic rings. The molecule has 0 bridgehead atoms. The molecule has 0 aliphatic carbocycles. The number of benzene rings is 2. The number of fused-ring (bicyclic) bond motifs is 2. The largest absolute Gasteiger partial charge is 0.490 e. The van der Waals surface area contributed by atoms with Crippen LogP contribution in [0.5, 0.6) is 5.75 Å². The lowest BCUT2D eigenvalue weighted by molar-refractivity contribution is -0.122. The predicted octanol–water partition coefficient (Wildman–Crippen LogP) is 3.82. The summed E-state index contributed by atoms with van der Waals surface area (Å²) in [6.45, 7) is 1.86. The average Bonchev–Trinajstić information content (AvgIpc) is 3.10. The molecule has 8 nitrogen and oxygen atoms in total. The van der Waals surface area contributed by atoms with Crippen LogP contribution in [0.4, 0.5) is 11.4 Å². The summed E-state index contributed by atoms with van der Waals surface area (Å²) in [4.78, 5) is 27.0. The van der Waals surface area contributed by atoms with E-state index in [9.17, 15) is 9.59 Å². The molecule has 0 unspecified atom stereocenters. The lowest BCUT2D eigenvalue weighted by Gasteiger charge is -2.29. The summed E-state index contributed by atoms with van der Waals surface area (Å²) < 4.78 is 7.79. The third-order valence-electron chi connectivity index (χ3n) is 6.11. The molecule has 0 saturated carbocycles. The average molecular weight is 446 g/mol. The number of para-hydroxylation sites is 2. The van der Waals surface area contributed by atoms with E-state index in [1.54, 1.807) is 4.90 Å². The maximum Gasteiger partial charge on any atom is 0.227 e. The fourth-order valence-corrected chi connectivity index (χ4v) is 4.44. The Morgan fingerprint density at radius 3 is 2.82 bits per heavy atom. The van der Waals surface area contributed by atoms with Crippen LogP contribution in [0.1, 0.15) is 37.9 Å². The topological polar surface area (TPSA) is 89.3 Å². The van der Waals surface area contributed by atoms with Crippen LogP contribution in [0, 0.1) is 0 Å². The molecule has 1 N–H and O–H groups in total. The Morgan fingerprint density at radius 2 is 1.88 bits per heavy atom. The molecule has 2 aliphatic heterocycles. The molecular weight excluding hydrogens is 418 g/mol. The predicted molar refractivity (Wildman–Crippen MR) is 125 cm³/mol. The second-order valence-corrected chi connectivity index (χ2v) is 8.39. The van der Waals surface area contributed by atoms with Gasteiger partial charge in [0.25, 0.3) is 0 Å². The second-order valence-electron chi connectivity index (χ2n) is 8.39. The van der Waals surface area contributed by atoms with Gasteiger partial charge in [0.1, 0.15) is 18.2 Å². The van der Waals surface area contributed by atoms with Crippen LogP contribution in [0.15, 0.2) is 48.5 Å². The first-order valence-corrected chi connectivity index (χ1v) is 11.5. The summed E-state index contributed by atoms with van der Waals surface area (Å²) >= 11 is 0. The highest BCUT2D eigenvalue weighted by molar-refractivity contribution is 5.99. The van der Waals surface area contributed by atoms with Gasteiger partial charge in [0.2, 0.25) is 11.8 Å². The molecule has 2 aromatic carbocycles. The Kier molecular flexibility index (Phi) is 6.06. The number of nitrogens with one attached hydrogen (secondary N) is 1. The van der Waals surface area contributed by atoms with Crippen molar-refractivity contribution in [2.45, 2.75) is 45.1 Å². The van der Waals surface area contributed by atoms with Crippen LogP contribution < -0.4 is 15.0 Å². The first-order chi connectivity index (χ1) is 16.2. The number of hydrogen-bond acceptors (Lipinski definition) is 5. The van der Waals surface area contributed by atoms with Crippen molar-refractivity contribution in [3.8, 4) is 17.1 Å². The third-order valence-corrected chi connectivity index (χ3v) is 6.11. The number of carbonyl (C=O) groups is 2. The van der Waals surface area contributed by atoms with Crippen LogP contribution in [0.2, 0.25) is 0 Å². The highest BCUT2D eigenvalue weighted by atomic mass is 16.5. The van der Waals surface area contributed by atoms with Crippen molar-refractivity contribution in [3.63, 3.8) is 0 Å². The number of anilines is 2. The van der Waals surface area contributed by atoms with E-state index < -0.39 is 0 Å². The Morgan fingerprint density at radius 1 is 0.970 bits per heavy atom. The maximum absolute atomic E-state index is 12.8. The number of rotatable bonds is 5. The smallest absolute Gasteiger partial charge is 0.227 e. The van der Waals surface area contributed by atoms with Gasteiger partial charge in [0.15, 0.2) is 5.82 Å². The van der Waals surface area contributed by atoms with Crippen molar-refractivity contribution in [2.24, 2.45) is 0 Å². The van der Waals surface area contributed by atoms with Gasteiger partial charge >= 0.3 is 0 Å². The van der Waals surface area contributed by atoms with Crippen molar-refractivity contribution in [2.75, 3.05) is 23.4 Å². The zero-order chi connectivity index (χ0) is 22.6. The minimum atomic E-state index is -0.192. The maximum atomic E-state index is 12.8. The Labute approximate surface area is 192 Å². The monoisotopic (exact) mass is 445 g/mol. The molecule has 1 aromatic heterocycles. The number of carbonyl (C=O) groups excluding carboxylic acids is 2. The zero-order valence-electron chi connectivity index (χ0n) is 18.5. The van der Waals surface area contributed by atoms with Crippen LogP contribution in [-0.2, 0) is 22.6 Å². The molecule has 3 heterocycles. The zero-order valence-corrected chi connectivity index (χ0v) is 18.5. The normalized spacial score (nSPS) is 15.1. The first kappa shape index (κ1) is 21.2. The fourth-order valence-electron chi connectivity index (χ4n) is 4.44. The van der Waals surface area contributed by atoms with Crippen molar-refractivity contribution >= 4 is 23.2 Å². The van der Waals surface area contributed by atoms with Crippen LogP contribution in [0.3, 0.4) is 0 Å². The van der Waals surface area contributed by atoms with E-state index in [4.69, 9.17) is 4.74 Å². The molecule has 5 rings (SSSR count). The lowest BCUT2D eigenvalue weighted by atomic mass is 10.1. The van der Waals surface area contributed by atoms with Gasteiger partial charge in [0, 0.05) is 37.1 Å². The van der Waals surface area contributed by atoms with E-state index in [1.807, 2.05) is 48.5 Å². The van der Waals surface area contributed by atoms with Gasteiger partial charge in [-0.05, 0) is 37.1 Å². The molecule has 0 fully saturated rings. The first-order valence-electron chi connectivity index (χ1n) is 11.5. The summed E-state index contributed by atoms with van der Waals surface area (Å²) in [5.41, 5.74) is 2.37. The summed E-state index contributed by atoms with van der Waals surface area (Å²) in [7, 11) is 0. The lowest BCUT2D eigenvalue weighted by Crippen LogP contribution is -2.38.